The van der Waals surface area contributed by atoms with Gasteiger partial charge in [0.15, 0.2) is 0 Å². The number of nitrogens with one attached hydrogen (secondary N) is 2. The molecule has 2 N–H and O–H groups in total. The smallest absolute Gasteiger partial charge is 0.305 e. The molecule has 0 aliphatic heterocycles. The number of aryl methyl sites for hydroxylation is 3. The first-order chi connectivity index (χ1) is 9.92. The van der Waals surface area contributed by atoms with Crippen molar-refractivity contribution in [2.45, 2.75) is 33.6 Å². The van der Waals surface area contributed by atoms with Crippen LogP contribution in [0.1, 0.15) is 35.4 Å². The minimum absolute atomic E-state index is 0.201. The zero-order valence-electron chi connectivity index (χ0n) is 13.1. The van der Waals surface area contributed by atoms with E-state index in [1.165, 1.54) is 12.7 Å². The summed E-state index contributed by atoms with van der Waals surface area (Å²) in [6.45, 7) is 10.1. The number of esters is 1. The van der Waals surface area contributed by atoms with Gasteiger partial charge in [-0.2, -0.15) is 0 Å². The minimum Gasteiger partial charge on any atom is -0.469 e. The Hall–Kier alpha value is -2.23. The van der Waals surface area contributed by atoms with Crippen LogP contribution in [0.3, 0.4) is 0 Å². The van der Waals surface area contributed by atoms with Gasteiger partial charge in [0.1, 0.15) is 0 Å². The summed E-state index contributed by atoms with van der Waals surface area (Å²) in [5.41, 5.74) is 5.58. The molecule has 0 aromatic carbocycles. The molecule has 4 nitrogen and oxygen atoms in total. The van der Waals surface area contributed by atoms with Crippen LogP contribution in [0.4, 0.5) is 0 Å². The van der Waals surface area contributed by atoms with Crippen LogP contribution in [0, 0.1) is 20.8 Å². The SMILES string of the molecule is C=c1cc(C)/c(=C(\CCC(=O)OC)c2[nH]c(C)cc2C)[nH]1. The number of ether oxygens (including phenoxy) is 1. The molecule has 21 heavy (non-hydrogen) atoms. The number of carbonyl (C=O) groups is 1. The second kappa shape index (κ2) is 6.04. The van der Waals surface area contributed by atoms with Gasteiger partial charge >= 0.3 is 5.97 Å². The molecule has 0 bridgehead atoms. The number of hydrogen-bond donors (Lipinski definition) is 2. The number of hydrogen-bond acceptors (Lipinski definition) is 2. The molecular formula is C17H22N2O2. The Morgan fingerprint density at radius 2 is 1.86 bits per heavy atom. The molecule has 0 atom stereocenters. The molecule has 0 saturated carbocycles. The number of methoxy groups -OCH3 is 1. The normalized spacial score (nSPS) is 12.4. The molecule has 0 fully saturated rings. The van der Waals surface area contributed by atoms with Gasteiger partial charge in [-0.1, -0.05) is 6.58 Å². The lowest BCUT2D eigenvalue weighted by molar-refractivity contribution is -0.140. The Labute approximate surface area is 124 Å². The number of H-pyrrole nitrogens is 2. The van der Waals surface area contributed by atoms with Crippen LogP contribution in [0.5, 0.6) is 0 Å². The lowest BCUT2D eigenvalue weighted by atomic mass is 10.0. The Morgan fingerprint density at radius 3 is 2.33 bits per heavy atom. The van der Waals surface area contributed by atoms with Gasteiger partial charge in [0, 0.05) is 34.1 Å². The lowest BCUT2D eigenvalue weighted by Gasteiger charge is -2.07. The van der Waals surface area contributed by atoms with Crippen LogP contribution < -0.4 is 10.7 Å². The van der Waals surface area contributed by atoms with Gasteiger partial charge in [0.25, 0.3) is 0 Å². The highest BCUT2D eigenvalue weighted by atomic mass is 16.5. The van der Waals surface area contributed by atoms with E-state index in [-0.39, 0.29) is 5.97 Å². The first kappa shape index (κ1) is 15.2. The molecule has 4 heteroatoms. The zero-order valence-corrected chi connectivity index (χ0v) is 13.1. The van der Waals surface area contributed by atoms with E-state index in [4.69, 9.17) is 4.74 Å². The van der Waals surface area contributed by atoms with Crippen LogP contribution in [0.25, 0.3) is 12.2 Å². The fourth-order valence-electron chi connectivity index (χ4n) is 2.69. The van der Waals surface area contributed by atoms with E-state index in [9.17, 15) is 4.79 Å². The third-order valence-corrected chi connectivity index (χ3v) is 3.63. The maximum atomic E-state index is 11.5. The van der Waals surface area contributed by atoms with Gasteiger partial charge in [0.2, 0.25) is 0 Å². The summed E-state index contributed by atoms with van der Waals surface area (Å²) in [5, 5.41) is 1.91. The van der Waals surface area contributed by atoms with Gasteiger partial charge in [-0.25, -0.2) is 0 Å². The van der Waals surface area contributed by atoms with Gasteiger partial charge in [-0.3, -0.25) is 4.79 Å². The van der Waals surface area contributed by atoms with Crippen molar-refractivity contribution < 1.29 is 9.53 Å². The number of carbonyl (C=O) groups excluding carboxylic acids is 1. The maximum absolute atomic E-state index is 11.5. The van der Waals surface area contributed by atoms with Crippen LogP contribution in [0.2, 0.25) is 0 Å². The van der Waals surface area contributed by atoms with Crippen LogP contribution in [-0.4, -0.2) is 23.0 Å². The summed E-state index contributed by atoms with van der Waals surface area (Å²) in [5.74, 6) is -0.201. The van der Waals surface area contributed by atoms with Crippen LogP contribution in [-0.2, 0) is 9.53 Å². The second-order valence-corrected chi connectivity index (χ2v) is 5.42. The van der Waals surface area contributed by atoms with E-state index >= 15 is 0 Å². The summed E-state index contributed by atoms with van der Waals surface area (Å²) < 4.78 is 4.76. The van der Waals surface area contributed by atoms with E-state index in [0.29, 0.717) is 12.8 Å². The van der Waals surface area contributed by atoms with E-state index in [2.05, 4.69) is 29.5 Å². The third-order valence-electron chi connectivity index (χ3n) is 3.63. The molecule has 0 unspecified atom stereocenters. The zero-order chi connectivity index (χ0) is 15.6. The summed E-state index contributed by atoms with van der Waals surface area (Å²) >= 11 is 0. The van der Waals surface area contributed by atoms with Gasteiger partial charge < -0.3 is 14.7 Å². The molecule has 2 aromatic heterocycles. The lowest BCUT2D eigenvalue weighted by Crippen LogP contribution is -2.16. The highest BCUT2D eigenvalue weighted by Gasteiger charge is 2.13. The van der Waals surface area contributed by atoms with Gasteiger partial charge in [-0.15, -0.1) is 0 Å². The third kappa shape index (κ3) is 3.27. The van der Waals surface area contributed by atoms with Crippen LogP contribution >= 0.6 is 0 Å². The molecule has 0 spiro atoms. The molecule has 0 amide bonds. The van der Waals surface area contributed by atoms with Gasteiger partial charge in [-0.05, 0) is 50.5 Å². The number of rotatable bonds is 4. The summed E-state index contributed by atoms with van der Waals surface area (Å²) in [7, 11) is 1.42. The fraction of sp³-hybridized carbons (Fsp3) is 0.353. The van der Waals surface area contributed by atoms with Gasteiger partial charge in [0.05, 0.1) is 7.11 Å². The maximum Gasteiger partial charge on any atom is 0.305 e. The average Bonchev–Trinajstić information content (AvgIpc) is 2.92. The minimum atomic E-state index is -0.201. The summed E-state index contributed by atoms with van der Waals surface area (Å²) in [6.07, 6.45) is 0.975. The van der Waals surface area contributed by atoms with Crippen molar-refractivity contribution in [2.24, 2.45) is 0 Å². The van der Waals surface area contributed by atoms with Crippen molar-refractivity contribution >= 4 is 18.1 Å². The Kier molecular flexibility index (Phi) is 4.36. The molecule has 112 valence electrons. The molecule has 0 radical (unpaired) electrons. The predicted molar refractivity (Wildman–Crippen MR) is 84.3 cm³/mol. The topological polar surface area (TPSA) is 57.9 Å². The van der Waals surface area contributed by atoms with Crippen molar-refractivity contribution in [2.75, 3.05) is 7.11 Å². The van der Waals surface area contributed by atoms with Crippen molar-refractivity contribution in [1.29, 1.82) is 0 Å². The summed E-state index contributed by atoms with van der Waals surface area (Å²) in [6, 6.07) is 4.12. The monoisotopic (exact) mass is 286 g/mol. The largest absolute Gasteiger partial charge is 0.469 e. The first-order valence-corrected chi connectivity index (χ1v) is 7.03. The van der Waals surface area contributed by atoms with E-state index in [1.807, 2.05) is 19.9 Å². The number of aromatic amines is 2. The predicted octanol–water partition coefficient (Wildman–Crippen LogP) is 1.83. The second-order valence-electron chi connectivity index (χ2n) is 5.42. The highest BCUT2D eigenvalue weighted by molar-refractivity contribution is 5.74. The molecular weight excluding hydrogens is 264 g/mol. The molecule has 2 rings (SSSR count). The van der Waals surface area contributed by atoms with E-state index in [1.54, 1.807) is 0 Å². The van der Waals surface area contributed by atoms with Crippen molar-refractivity contribution in [3.05, 3.63) is 45.3 Å². The van der Waals surface area contributed by atoms with Crippen molar-refractivity contribution in [3.63, 3.8) is 0 Å². The molecule has 2 aromatic rings. The molecule has 0 aliphatic rings. The first-order valence-electron chi connectivity index (χ1n) is 7.03. The Balaban J connectivity index is 2.58. The standard InChI is InChI=1S/C17H22N2O2/c1-10-8-12(3)18-16(10)14(6-7-15(20)21-5)17-11(2)9-13(4)19-17/h8-9,18-19H,3,6-7H2,1-2,4-5H3/b16-14-. The molecule has 2 heterocycles. The number of aromatic nitrogens is 2. The summed E-state index contributed by atoms with van der Waals surface area (Å²) in [4.78, 5) is 18.2. The van der Waals surface area contributed by atoms with E-state index in [0.717, 1.165) is 33.2 Å². The molecule has 0 saturated heterocycles. The molecule has 0 aliphatic carbocycles. The fourth-order valence-corrected chi connectivity index (χ4v) is 2.69. The quantitative estimate of drug-likeness (QED) is 0.843. The van der Waals surface area contributed by atoms with E-state index < -0.39 is 0 Å². The van der Waals surface area contributed by atoms with Crippen LogP contribution in [0.15, 0.2) is 12.1 Å². The highest BCUT2D eigenvalue weighted by Crippen LogP contribution is 2.21. The van der Waals surface area contributed by atoms with Crippen molar-refractivity contribution in [3.8, 4) is 0 Å². The van der Waals surface area contributed by atoms with Crippen molar-refractivity contribution in [1.82, 2.24) is 9.97 Å². The Bertz CT molecular complexity index is 765. The Morgan fingerprint density at radius 1 is 1.14 bits per heavy atom. The average molecular weight is 286 g/mol.